The molecule has 134 valence electrons. The largest absolute Gasteiger partial charge is 0.355 e. The Morgan fingerprint density at radius 2 is 1.69 bits per heavy atom. The highest BCUT2D eigenvalue weighted by Crippen LogP contribution is 2.28. The number of amides is 1. The van der Waals surface area contributed by atoms with Crippen LogP contribution in [0.4, 0.5) is 0 Å². The summed E-state index contributed by atoms with van der Waals surface area (Å²) in [5.41, 5.74) is 4.21. The van der Waals surface area contributed by atoms with Crippen molar-refractivity contribution in [2.75, 3.05) is 6.54 Å². The fourth-order valence-corrected chi connectivity index (χ4v) is 4.45. The average Bonchev–Trinajstić information content (AvgIpc) is 3.19. The van der Waals surface area contributed by atoms with E-state index in [1.165, 1.54) is 34.2 Å². The zero-order valence-corrected chi connectivity index (χ0v) is 16.2. The van der Waals surface area contributed by atoms with Crippen LogP contribution in [-0.2, 0) is 4.79 Å². The average molecular weight is 384 g/mol. The van der Waals surface area contributed by atoms with E-state index in [4.69, 9.17) is 0 Å². The number of rotatable bonds is 8. The third kappa shape index (κ3) is 5.16. The van der Waals surface area contributed by atoms with E-state index < -0.39 is 0 Å². The minimum Gasteiger partial charge on any atom is -0.355 e. The van der Waals surface area contributed by atoms with E-state index in [0.717, 1.165) is 10.8 Å². The Morgan fingerprint density at radius 1 is 1.08 bits per heavy atom. The van der Waals surface area contributed by atoms with E-state index in [1.54, 1.807) is 5.51 Å². The van der Waals surface area contributed by atoms with Crippen LogP contribution in [-0.4, -0.2) is 27.9 Å². The molecule has 0 fully saturated rings. The number of aromatic nitrogens is 2. The van der Waals surface area contributed by atoms with Gasteiger partial charge in [0.15, 0.2) is 4.34 Å². The molecule has 1 N–H and O–H groups in total. The van der Waals surface area contributed by atoms with Gasteiger partial charge in [0.2, 0.25) is 5.91 Å². The second-order valence-corrected chi connectivity index (χ2v) is 8.34. The first-order valence-electron chi connectivity index (χ1n) is 8.54. The van der Waals surface area contributed by atoms with Crippen LogP contribution in [0.25, 0.3) is 0 Å². The first kappa shape index (κ1) is 18.6. The molecule has 1 unspecified atom stereocenters. The molecule has 0 aliphatic carbocycles. The summed E-state index contributed by atoms with van der Waals surface area (Å²) in [4.78, 5) is 12.3. The lowest BCUT2D eigenvalue weighted by Gasteiger charge is -2.19. The number of hydrogen-bond donors (Lipinski definition) is 1. The fraction of sp³-hybridized carbons (Fsp3) is 0.250. The Bertz CT molecular complexity index is 755. The molecule has 0 bridgehead atoms. The minimum atomic E-state index is -0.185. The Labute approximate surface area is 162 Å². The summed E-state index contributed by atoms with van der Waals surface area (Å²) in [6.45, 7) is 2.53. The van der Waals surface area contributed by atoms with Crippen molar-refractivity contribution in [3.05, 3.63) is 77.3 Å². The number of benzene rings is 2. The van der Waals surface area contributed by atoms with Crippen LogP contribution in [0, 0.1) is 0 Å². The molecule has 1 amide bonds. The summed E-state index contributed by atoms with van der Waals surface area (Å²) < 4.78 is 0.819. The van der Waals surface area contributed by atoms with Gasteiger partial charge in [-0.25, -0.2) is 0 Å². The van der Waals surface area contributed by atoms with Gasteiger partial charge in [-0.2, -0.15) is 0 Å². The summed E-state index contributed by atoms with van der Waals surface area (Å²) in [5.74, 6) is 0.300. The number of carbonyl (C=O) groups is 1. The summed E-state index contributed by atoms with van der Waals surface area (Å²) in [6.07, 6.45) is 0.857. The van der Waals surface area contributed by atoms with Gasteiger partial charge >= 0.3 is 0 Å². The van der Waals surface area contributed by atoms with Crippen LogP contribution < -0.4 is 5.32 Å². The summed E-state index contributed by atoms with van der Waals surface area (Å²) >= 11 is 2.90. The Kier molecular flexibility index (Phi) is 6.80. The maximum Gasteiger partial charge on any atom is 0.233 e. The molecule has 0 spiro atoms. The number of nitrogens with one attached hydrogen (secondary N) is 1. The van der Waals surface area contributed by atoms with Gasteiger partial charge in [0.25, 0.3) is 0 Å². The molecule has 6 heteroatoms. The third-order valence-electron chi connectivity index (χ3n) is 4.12. The normalized spacial score (nSPS) is 12.1. The molecule has 0 aliphatic rings. The van der Waals surface area contributed by atoms with Gasteiger partial charge in [0, 0.05) is 12.5 Å². The molecule has 3 rings (SSSR count). The van der Waals surface area contributed by atoms with Crippen LogP contribution >= 0.6 is 23.1 Å². The smallest absolute Gasteiger partial charge is 0.233 e. The van der Waals surface area contributed by atoms with Gasteiger partial charge in [0.05, 0.1) is 5.25 Å². The topological polar surface area (TPSA) is 54.9 Å². The fourth-order valence-electron chi connectivity index (χ4n) is 2.80. The van der Waals surface area contributed by atoms with Crippen LogP contribution in [0.1, 0.15) is 30.4 Å². The highest BCUT2D eigenvalue weighted by molar-refractivity contribution is 8.02. The zero-order valence-electron chi connectivity index (χ0n) is 14.5. The number of hydrogen-bond acceptors (Lipinski definition) is 5. The van der Waals surface area contributed by atoms with E-state index in [9.17, 15) is 4.79 Å². The van der Waals surface area contributed by atoms with E-state index in [2.05, 4.69) is 64.0 Å². The molecule has 1 heterocycles. The van der Waals surface area contributed by atoms with E-state index in [0.29, 0.717) is 6.54 Å². The first-order valence-corrected chi connectivity index (χ1v) is 10.3. The van der Waals surface area contributed by atoms with Crippen molar-refractivity contribution in [3.63, 3.8) is 0 Å². The zero-order chi connectivity index (χ0) is 18.2. The Morgan fingerprint density at radius 3 is 2.23 bits per heavy atom. The predicted octanol–water partition coefficient (Wildman–Crippen LogP) is 4.36. The van der Waals surface area contributed by atoms with Crippen LogP contribution in [0.3, 0.4) is 0 Å². The summed E-state index contributed by atoms with van der Waals surface area (Å²) in [7, 11) is 0. The minimum absolute atomic E-state index is 0.0325. The summed E-state index contributed by atoms with van der Waals surface area (Å²) in [5, 5.41) is 10.7. The molecule has 1 aromatic heterocycles. The molecule has 1 atom stereocenters. The van der Waals surface area contributed by atoms with Crippen molar-refractivity contribution < 1.29 is 4.79 Å². The first-order chi connectivity index (χ1) is 12.7. The Hall–Kier alpha value is -2.18. The number of nitrogens with zero attached hydrogens (tertiary/aromatic N) is 2. The molecule has 0 aliphatic heterocycles. The molecule has 0 saturated carbocycles. The van der Waals surface area contributed by atoms with Gasteiger partial charge in [-0.15, -0.1) is 10.2 Å². The second-order valence-electron chi connectivity index (χ2n) is 5.92. The predicted molar refractivity (Wildman–Crippen MR) is 108 cm³/mol. The molecular weight excluding hydrogens is 362 g/mol. The van der Waals surface area contributed by atoms with Crippen LogP contribution in [0.2, 0.25) is 0 Å². The van der Waals surface area contributed by atoms with Crippen LogP contribution in [0.5, 0.6) is 0 Å². The lowest BCUT2D eigenvalue weighted by atomic mass is 9.88. The van der Waals surface area contributed by atoms with Gasteiger partial charge in [0.1, 0.15) is 5.51 Å². The van der Waals surface area contributed by atoms with Crippen molar-refractivity contribution in [2.45, 2.75) is 28.9 Å². The molecule has 0 saturated heterocycles. The lowest BCUT2D eigenvalue weighted by molar-refractivity contribution is -0.120. The SMILES string of the molecule is CC(Sc1nncs1)C(=O)NCCC(c1ccccc1)c1ccccc1. The van der Waals surface area contributed by atoms with Gasteiger partial charge in [-0.05, 0) is 24.5 Å². The molecule has 4 nitrogen and oxygen atoms in total. The summed E-state index contributed by atoms with van der Waals surface area (Å²) in [6, 6.07) is 20.9. The quantitative estimate of drug-likeness (QED) is 0.587. The number of carbonyl (C=O) groups excluding carboxylic acids is 1. The van der Waals surface area contributed by atoms with Gasteiger partial charge < -0.3 is 5.32 Å². The van der Waals surface area contributed by atoms with Crippen molar-refractivity contribution >= 4 is 29.0 Å². The second kappa shape index (κ2) is 9.50. The van der Waals surface area contributed by atoms with Gasteiger partial charge in [-0.1, -0.05) is 83.8 Å². The van der Waals surface area contributed by atoms with Crippen molar-refractivity contribution in [1.29, 1.82) is 0 Å². The molecule has 2 aromatic carbocycles. The molecule has 3 aromatic rings. The monoisotopic (exact) mass is 383 g/mol. The standard InChI is InChI=1S/C20H21N3OS2/c1-15(26-20-23-22-14-25-20)19(24)21-13-12-18(16-8-4-2-5-9-16)17-10-6-3-7-11-17/h2-11,14-15,18H,12-13H2,1H3,(H,21,24). The highest BCUT2D eigenvalue weighted by atomic mass is 32.2. The van der Waals surface area contributed by atoms with Gasteiger partial charge in [-0.3, -0.25) is 4.79 Å². The maximum atomic E-state index is 12.3. The third-order valence-corrected chi connectivity index (χ3v) is 6.03. The maximum absolute atomic E-state index is 12.3. The van der Waals surface area contributed by atoms with E-state index in [-0.39, 0.29) is 17.1 Å². The molecular formula is C20H21N3OS2. The molecule has 26 heavy (non-hydrogen) atoms. The molecule has 0 radical (unpaired) electrons. The van der Waals surface area contributed by atoms with E-state index >= 15 is 0 Å². The highest BCUT2D eigenvalue weighted by Gasteiger charge is 2.18. The number of thioether (sulfide) groups is 1. The van der Waals surface area contributed by atoms with E-state index in [1.807, 2.05) is 19.1 Å². The van der Waals surface area contributed by atoms with Crippen LogP contribution in [0.15, 0.2) is 70.5 Å². The van der Waals surface area contributed by atoms with Crippen molar-refractivity contribution in [2.24, 2.45) is 0 Å². The van der Waals surface area contributed by atoms with Crippen molar-refractivity contribution in [1.82, 2.24) is 15.5 Å². The van der Waals surface area contributed by atoms with Crippen molar-refractivity contribution in [3.8, 4) is 0 Å². The lowest BCUT2D eigenvalue weighted by Crippen LogP contribution is -2.32. The Balaban J connectivity index is 1.59.